The number of aliphatic carboxylic acids is 1. The number of piperidine rings is 1. The summed E-state index contributed by atoms with van der Waals surface area (Å²) < 4.78 is 49.8. The molecule has 1 aliphatic rings. The van der Waals surface area contributed by atoms with E-state index in [-0.39, 0.29) is 16.2 Å². The average Bonchev–Trinajstić information content (AvgIpc) is 2.46. The van der Waals surface area contributed by atoms with Crippen molar-refractivity contribution in [2.45, 2.75) is 22.3 Å². The fourth-order valence-electron chi connectivity index (χ4n) is 2.37. The lowest BCUT2D eigenvalue weighted by Crippen LogP contribution is -2.50. The zero-order valence-electron chi connectivity index (χ0n) is 12.4. The van der Waals surface area contributed by atoms with Crippen LogP contribution in [0, 0.1) is 5.92 Å². The van der Waals surface area contributed by atoms with E-state index in [1.54, 1.807) is 0 Å². The Morgan fingerprint density at radius 3 is 2.22 bits per heavy atom. The molecule has 3 N–H and O–H groups in total. The topological polar surface area (TPSA) is 130 Å². The van der Waals surface area contributed by atoms with Gasteiger partial charge in [-0.3, -0.25) is 4.79 Å². The zero-order chi connectivity index (χ0) is 17.3. The molecule has 2 atom stereocenters. The van der Waals surface area contributed by atoms with E-state index >= 15 is 0 Å². The molecule has 1 aromatic rings. The minimum absolute atomic E-state index is 0.0294. The zero-order valence-corrected chi connectivity index (χ0v) is 14.0. The Kier molecular flexibility index (Phi) is 5.09. The van der Waals surface area contributed by atoms with Crippen LogP contribution in [0.5, 0.6) is 0 Å². The molecule has 1 aliphatic heterocycles. The van der Waals surface area contributed by atoms with Gasteiger partial charge < -0.3 is 10.4 Å². The van der Waals surface area contributed by atoms with E-state index in [0.717, 1.165) is 6.26 Å². The highest BCUT2D eigenvalue weighted by atomic mass is 32.2. The minimum Gasteiger partial charge on any atom is -0.481 e. The molecule has 1 heterocycles. The van der Waals surface area contributed by atoms with Crippen molar-refractivity contribution in [1.29, 1.82) is 0 Å². The lowest BCUT2D eigenvalue weighted by molar-refractivity contribution is -0.142. The number of sulfone groups is 1. The molecular formula is C13H18N2O6S2. The summed E-state index contributed by atoms with van der Waals surface area (Å²) in [5.41, 5.74) is 0. The van der Waals surface area contributed by atoms with Gasteiger partial charge in [-0.2, -0.15) is 0 Å². The van der Waals surface area contributed by atoms with Crippen LogP contribution in [0.1, 0.15) is 6.42 Å². The normalized spacial score (nSPS) is 22.7. The maximum atomic E-state index is 12.3. The Morgan fingerprint density at radius 2 is 1.70 bits per heavy atom. The fourth-order valence-corrected chi connectivity index (χ4v) is 4.25. The number of carbonyl (C=O) groups is 1. The molecular weight excluding hydrogens is 344 g/mol. The quantitative estimate of drug-likeness (QED) is 0.639. The standard InChI is InChI=1S/C13H18N2O6S2/c1-22(18,19)11-2-4-12(5-3-11)23(20,21)15-10-6-9(13(16)17)7-14-8-10/h2-5,9-10,14-15H,6-8H2,1H3,(H,16,17). The molecule has 0 saturated carbocycles. The third kappa shape index (κ3) is 4.50. The summed E-state index contributed by atoms with van der Waals surface area (Å²) in [6.07, 6.45) is 1.23. The molecule has 128 valence electrons. The molecule has 0 radical (unpaired) electrons. The van der Waals surface area contributed by atoms with Gasteiger partial charge in [0.1, 0.15) is 0 Å². The predicted molar refractivity (Wildman–Crippen MR) is 82.3 cm³/mol. The van der Waals surface area contributed by atoms with E-state index in [9.17, 15) is 21.6 Å². The Hall–Kier alpha value is -1.49. The second-order valence-electron chi connectivity index (χ2n) is 5.49. The monoisotopic (exact) mass is 362 g/mol. The van der Waals surface area contributed by atoms with Crippen molar-refractivity contribution in [1.82, 2.24) is 10.0 Å². The summed E-state index contributed by atoms with van der Waals surface area (Å²) >= 11 is 0. The van der Waals surface area contributed by atoms with Gasteiger partial charge >= 0.3 is 5.97 Å². The van der Waals surface area contributed by atoms with Crippen LogP contribution >= 0.6 is 0 Å². The number of sulfonamides is 1. The highest BCUT2D eigenvalue weighted by Gasteiger charge is 2.29. The van der Waals surface area contributed by atoms with Crippen LogP contribution < -0.4 is 10.0 Å². The van der Waals surface area contributed by atoms with Crippen LogP contribution in [-0.4, -0.2) is 53.3 Å². The SMILES string of the molecule is CS(=O)(=O)c1ccc(S(=O)(=O)NC2CNCC(C(=O)O)C2)cc1. The summed E-state index contributed by atoms with van der Waals surface area (Å²) in [6.45, 7) is 0.640. The molecule has 0 aromatic heterocycles. The number of hydrogen-bond acceptors (Lipinski definition) is 6. The Morgan fingerprint density at radius 1 is 1.13 bits per heavy atom. The lowest BCUT2D eigenvalue weighted by atomic mass is 9.97. The summed E-state index contributed by atoms with van der Waals surface area (Å²) in [5.74, 6) is -1.62. The number of carboxylic acids is 1. The molecule has 10 heteroatoms. The van der Waals surface area contributed by atoms with Crippen LogP contribution in [0.4, 0.5) is 0 Å². The van der Waals surface area contributed by atoms with E-state index in [2.05, 4.69) is 10.0 Å². The van der Waals surface area contributed by atoms with Gasteiger partial charge in [-0.15, -0.1) is 0 Å². The van der Waals surface area contributed by atoms with Crippen molar-refractivity contribution in [3.8, 4) is 0 Å². The van der Waals surface area contributed by atoms with Crippen LogP contribution in [0.15, 0.2) is 34.1 Å². The summed E-state index contributed by atoms with van der Waals surface area (Å²) in [6, 6.07) is 4.34. The van der Waals surface area contributed by atoms with Gasteiger partial charge in [0.25, 0.3) is 0 Å². The molecule has 1 saturated heterocycles. The van der Waals surface area contributed by atoms with E-state index in [1.807, 2.05) is 0 Å². The van der Waals surface area contributed by atoms with Gasteiger partial charge in [0.15, 0.2) is 9.84 Å². The molecule has 2 unspecified atom stereocenters. The van der Waals surface area contributed by atoms with Crippen molar-refractivity contribution in [2.24, 2.45) is 5.92 Å². The van der Waals surface area contributed by atoms with Crippen molar-refractivity contribution >= 4 is 25.8 Å². The van der Waals surface area contributed by atoms with E-state index in [0.29, 0.717) is 13.1 Å². The van der Waals surface area contributed by atoms with Crippen molar-refractivity contribution in [2.75, 3.05) is 19.3 Å². The molecule has 23 heavy (non-hydrogen) atoms. The molecule has 0 amide bonds. The van der Waals surface area contributed by atoms with Crippen LogP contribution in [0.25, 0.3) is 0 Å². The highest BCUT2D eigenvalue weighted by molar-refractivity contribution is 7.90. The Balaban J connectivity index is 2.14. The van der Waals surface area contributed by atoms with Gasteiger partial charge in [0.05, 0.1) is 15.7 Å². The Labute approximate surface area is 134 Å². The Bertz CT molecular complexity index is 786. The van der Waals surface area contributed by atoms with Crippen LogP contribution in [-0.2, 0) is 24.7 Å². The van der Waals surface area contributed by atoms with E-state index in [4.69, 9.17) is 5.11 Å². The van der Waals surface area contributed by atoms with Crippen molar-refractivity contribution < 1.29 is 26.7 Å². The summed E-state index contributed by atoms with van der Waals surface area (Å²) in [4.78, 5) is 11.0. The molecule has 2 rings (SSSR count). The van der Waals surface area contributed by atoms with Gasteiger partial charge in [-0.25, -0.2) is 21.6 Å². The first-order chi connectivity index (χ1) is 10.6. The summed E-state index contributed by atoms with van der Waals surface area (Å²) in [5, 5.41) is 11.9. The number of nitrogens with one attached hydrogen (secondary N) is 2. The number of rotatable bonds is 5. The lowest BCUT2D eigenvalue weighted by Gasteiger charge is -2.28. The molecule has 0 aliphatic carbocycles. The average molecular weight is 362 g/mol. The van der Waals surface area contributed by atoms with Gasteiger partial charge in [-0.05, 0) is 30.7 Å². The fraction of sp³-hybridized carbons (Fsp3) is 0.462. The predicted octanol–water partition coefficient (Wildman–Crippen LogP) is -0.569. The minimum atomic E-state index is -3.85. The molecule has 8 nitrogen and oxygen atoms in total. The smallest absolute Gasteiger partial charge is 0.307 e. The number of carboxylic acid groups (broad SMARTS) is 1. The third-order valence-corrected chi connectivity index (χ3v) is 6.25. The van der Waals surface area contributed by atoms with Gasteiger partial charge in [0, 0.05) is 25.4 Å². The first-order valence-corrected chi connectivity index (χ1v) is 10.2. The third-order valence-electron chi connectivity index (χ3n) is 3.58. The highest BCUT2D eigenvalue weighted by Crippen LogP contribution is 2.17. The van der Waals surface area contributed by atoms with Crippen LogP contribution in [0.3, 0.4) is 0 Å². The first-order valence-electron chi connectivity index (χ1n) is 6.85. The molecule has 1 fully saturated rings. The number of hydrogen-bond donors (Lipinski definition) is 3. The van der Waals surface area contributed by atoms with Gasteiger partial charge in [0.2, 0.25) is 10.0 Å². The second-order valence-corrected chi connectivity index (χ2v) is 9.22. The maximum Gasteiger partial charge on any atom is 0.307 e. The second kappa shape index (κ2) is 6.56. The van der Waals surface area contributed by atoms with Crippen molar-refractivity contribution in [3.63, 3.8) is 0 Å². The van der Waals surface area contributed by atoms with E-state index < -0.39 is 37.8 Å². The number of benzene rings is 1. The largest absolute Gasteiger partial charge is 0.481 e. The molecule has 0 bridgehead atoms. The van der Waals surface area contributed by atoms with Crippen LogP contribution in [0.2, 0.25) is 0 Å². The van der Waals surface area contributed by atoms with Crippen molar-refractivity contribution in [3.05, 3.63) is 24.3 Å². The maximum absolute atomic E-state index is 12.3. The van der Waals surface area contributed by atoms with Gasteiger partial charge in [-0.1, -0.05) is 0 Å². The first kappa shape index (κ1) is 17.9. The summed E-state index contributed by atoms with van der Waals surface area (Å²) in [7, 11) is -7.25. The molecule has 0 spiro atoms. The molecule has 1 aromatic carbocycles. The van der Waals surface area contributed by atoms with E-state index in [1.165, 1.54) is 24.3 Å².